The molecular weight excluding hydrogens is 320 g/mol. The molecule has 0 aliphatic rings. The lowest BCUT2D eigenvalue weighted by molar-refractivity contribution is 0.1000. The molecule has 0 unspecified atom stereocenters. The maximum absolute atomic E-state index is 11.2. The van der Waals surface area contributed by atoms with E-state index in [2.05, 4.69) is 21.0 Å². The second-order valence-electron chi connectivity index (χ2n) is 4.46. The molecule has 0 fully saturated rings. The van der Waals surface area contributed by atoms with E-state index < -0.39 is 5.91 Å². The number of primary amides is 1. The van der Waals surface area contributed by atoms with Gasteiger partial charge < -0.3 is 11.5 Å². The smallest absolute Gasteiger partial charge is 0.248 e. The Labute approximate surface area is 126 Å². The first kappa shape index (κ1) is 14.6. The first-order valence-corrected chi connectivity index (χ1v) is 7.24. The zero-order valence-corrected chi connectivity index (χ0v) is 13.1. The quantitative estimate of drug-likeness (QED) is 0.898. The number of aromatic nitrogens is 2. The molecule has 1 heterocycles. The van der Waals surface area contributed by atoms with Crippen LogP contribution < -0.4 is 11.5 Å². The van der Waals surface area contributed by atoms with Gasteiger partial charge in [0.05, 0.1) is 22.8 Å². The molecule has 2 aromatic rings. The highest BCUT2D eigenvalue weighted by Crippen LogP contribution is 2.27. The Morgan fingerprint density at radius 1 is 1.35 bits per heavy atom. The first-order chi connectivity index (χ1) is 9.49. The average Bonchev–Trinajstić information content (AvgIpc) is 2.74. The van der Waals surface area contributed by atoms with Crippen LogP contribution in [0.3, 0.4) is 0 Å². The van der Waals surface area contributed by atoms with Crippen molar-refractivity contribution in [2.45, 2.75) is 26.7 Å². The van der Waals surface area contributed by atoms with Crippen LogP contribution in [0.1, 0.15) is 35.6 Å². The van der Waals surface area contributed by atoms with Gasteiger partial charge in [-0.1, -0.05) is 13.8 Å². The summed E-state index contributed by atoms with van der Waals surface area (Å²) in [6.07, 6.45) is 1.56. The van der Waals surface area contributed by atoms with Crippen molar-refractivity contribution in [2.24, 2.45) is 5.73 Å². The SMILES string of the molecule is CCc1nn(-c2ccc(C(N)=O)cc2Br)c(CC)c1N. The van der Waals surface area contributed by atoms with Crippen LogP contribution in [-0.4, -0.2) is 15.7 Å². The molecule has 0 atom stereocenters. The van der Waals surface area contributed by atoms with Crippen LogP contribution >= 0.6 is 15.9 Å². The van der Waals surface area contributed by atoms with Crippen LogP contribution in [0.2, 0.25) is 0 Å². The molecule has 0 bridgehead atoms. The highest BCUT2D eigenvalue weighted by atomic mass is 79.9. The van der Waals surface area contributed by atoms with Crippen LogP contribution in [0.15, 0.2) is 22.7 Å². The van der Waals surface area contributed by atoms with Crippen molar-refractivity contribution in [3.63, 3.8) is 0 Å². The number of benzene rings is 1. The largest absolute Gasteiger partial charge is 0.396 e. The summed E-state index contributed by atoms with van der Waals surface area (Å²) in [4.78, 5) is 11.2. The normalized spacial score (nSPS) is 10.8. The van der Waals surface area contributed by atoms with Gasteiger partial charge in [0.2, 0.25) is 5.91 Å². The van der Waals surface area contributed by atoms with Gasteiger partial charge in [-0.05, 0) is 47.0 Å². The van der Waals surface area contributed by atoms with Crippen molar-refractivity contribution in [1.82, 2.24) is 9.78 Å². The molecule has 5 nitrogen and oxygen atoms in total. The Hall–Kier alpha value is -1.82. The van der Waals surface area contributed by atoms with Gasteiger partial charge >= 0.3 is 0 Å². The number of hydrogen-bond acceptors (Lipinski definition) is 3. The molecule has 0 saturated heterocycles. The fraction of sp³-hybridized carbons (Fsp3) is 0.286. The van der Waals surface area contributed by atoms with Gasteiger partial charge in [0, 0.05) is 10.0 Å². The number of carbonyl (C=O) groups is 1. The summed E-state index contributed by atoms with van der Waals surface area (Å²) in [6, 6.07) is 5.20. The minimum atomic E-state index is -0.456. The lowest BCUT2D eigenvalue weighted by atomic mass is 10.2. The van der Waals surface area contributed by atoms with Crippen molar-refractivity contribution in [2.75, 3.05) is 5.73 Å². The van der Waals surface area contributed by atoms with Crippen molar-refractivity contribution in [1.29, 1.82) is 0 Å². The van der Waals surface area contributed by atoms with E-state index in [0.29, 0.717) is 5.56 Å². The number of amides is 1. The van der Waals surface area contributed by atoms with Gasteiger partial charge in [-0.15, -0.1) is 0 Å². The summed E-state index contributed by atoms with van der Waals surface area (Å²) < 4.78 is 2.58. The van der Waals surface area contributed by atoms with Gasteiger partial charge in [0.25, 0.3) is 0 Å². The molecule has 0 aliphatic heterocycles. The van der Waals surface area contributed by atoms with E-state index in [1.54, 1.807) is 12.1 Å². The molecule has 0 aliphatic carbocycles. The van der Waals surface area contributed by atoms with Crippen LogP contribution in [-0.2, 0) is 12.8 Å². The maximum atomic E-state index is 11.2. The van der Waals surface area contributed by atoms with E-state index in [-0.39, 0.29) is 0 Å². The Kier molecular flexibility index (Phi) is 4.13. The number of hydrogen-bond donors (Lipinski definition) is 2. The van der Waals surface area contributed by atoms with E-state index in [4.69, 9.17) is 11.5 Å². The zero-order chi connectivity index (χ0) is 14.9. The maximum Gasteiger partial charge on any atom is 0.248 e. The molecule has 106 valence electrons. The number of nitrogens with zero attached hydrogens (tertiary/aromatic N) is 2. The number of rotatable bonds is 4. The number of anilines is 1. The number of nitrogens with two attached hydrogens (primary N) is 2. The standard InChI is InChI=1S/C14H17BrN4O/c1-3-10-13(16)11(4-2)19(18-10)12-6-5-8(14(17)20)7-9(12)15/h5-7H,3-4,16H2,1-2H3,(H2,17,20). The van der Waals surface area contributed by atoms with Crippen LogP contribution in [0.25, 0.3) is 5.69 Å². The van der Waals surface area contributed by atoms with Crippen LogP contribution in [0.4, 0.5) is 5.69 Å². The number of aryl methyl sites for hydroxylation is 1. The molecule has 0 radical (unpaired) electrons. The van der Waals surface area contributed by atoms with Crippen molar-refractivity contribution in [3.05, 3.63) is 39.6 Å². The Balaban J connectivity index is 2.59. The molecular formula is C14H17BrN4O. The molecule has 4 N–H and O–H groups in total. The Bertz CT molecular complexity index is 663. The van der Waals surface area contributed by atoms with Gasteiger partial charge in [0.1, 0.15) is 0 Å². The minimum absolute atomic E-state index is 0.453. The minimum Gasteiger partial charge on any atom is -0.396 e. The Morgan fingerprint density at radius 2 is 2.05 bits per heavy atom. The van der Waals surface area contributed by atoms with Crippen LogP contribution in [0.5, 0.6) is 0 Å². The average molecular weight is 337 g/mol. The fourth-order valence-corrected chi connectivity index (χ4v) is 2.69. The number of nitrogen functional groups attached to an aromatic ring is 1. The van der Waals surface area contributed by atoms with Gasteiger partial charge in [-0.2, -0.15) is 5.10 Å². The molecule has 0 spiro atoms. The van der Waals surface area contributed by atoms with Crippen molar-refractivity contribution < 1.29 is 4.79 Å². The topological polar surface area (TPSA) is 86.9 Å². The molecule has 1 aromatic carbocycles. The number of halogens is 1. The first-order valence-electron chi connectivity index (χ1n) is 6.45. The van der Waals surface area contributed by atoms with E-state index >= 15 is 0 Å². The molecule has 1 amide bonds. The zero-order valence-electron chi connectivity index (χ0n) is 11.5. The second-order valence-corrected chi connectivity index (χ2v) is 5.31. The van der Waals surface area contributed by atoms with Crippen molar-refractivity contribution in [3.8, 4) is 5.69 Å². The predicted octanol–water partition coefficient (Wildman–Crippen LogP) is 2.44. The second kappa shape index (κ2) is 5.66. The molecule has 6 heteroatoms. The molecule has 0 saturated carbocycles. The molecule has 2 rings (SSSR count). The molecule has 20 heavy (non-hydrogen) atoms. The highest BCUT2D eigenvalue weighted by molar-refractivity contribution is 9.10. The third kappa shape index (κ3) is 2.43. The van der Waals surface area contributed by atoms with Gasteiger partial charge in [-0.25, -0.2) is 4.68 Å². The van der Waals surface area contributed by atoms with E-state index in [1.807, 2.05) is 24.6 Å². The van der Waals surface area contributed by atoms with Crippen molar-refractivity contribution >= 4 is 27.5 Å². The third-order valence-electron chi connectivity index (χ3n) is 3.23. The van der Waals surface area contributed by atoms with Gasteiger partial charge in [-0.3, -0.25) is 4.79 Å². The number of carbonyl (C=O) groups excluding carboxylic acids is 1. The summed E-state index contributed by atoms with van der Waals surface area (Å²) in [6.45, 7) is 4.06. The lowest BCUT2D eigenvalue weighted by Gasteiger charge is -2.09. The van der Waals surface area contributed by atoms with E-state index in [1.165, 1.54) is 0 Å². The fourth-order valence-electron chi connectivity index (χ4n) is 2.15. The monoisotopic (exact) mass is 336 g/mol. The highest BCUT2D eigenvalue weighted by Gasteiger charge is 2.16. The Morgan fingerprint density at radius 3 is 2.55 bits per heavy atom. The van der Waals surface area contributed by atoms with Gasteiger partial charge in [0.15, 0.2) is 0 Å². The third-order valence-corrected chi connectivity index (χ3v) is 3.86. The summed E-state index contributed by atoms with van der Waals surface area (Å²) in [5, 5.41) is 4.55. The summed E-state index contributed by atoms with van der Waals surface area (Å²) in [5.41, 5.74) is 15.3. The predicted molar refractivity (Wildman–Crippen MR) is 83.0 cm³/mol. The lowest BCUT2D eigenvalue weighted by Crippen LogP contribution is -2.11. The van der Waals surface area contributed by atoms with Crippen LogP contribution in [0, 0.1) is 0 Å². The molecule has 1 aromatic heterocycles. The summed E-state index contributed by atoms with van der Waals surface area (Å²) in [7, 11) is 0. The summed E-state index contributed by atoms with van der Waals surface area (Å²) in [5.74, 6) is -0.456. The van der Waals surface area contributed by atoms with E-state index in [9.17, 15) is 4.79 Å². The summed E-state index contributed by atoms with van der Waals surface area (Å²) >= 11 is 3.46. The van der Waals surface area contributed by atoms with E-state index in [0.717, 1.165) is 40.1 Å².